The Morgan fingerprint density at radius 1 is 1.37 bits per heavy atom. The summed E-state index contributed by atoms with van der Waals surface area (Å²) >= 11 is 6.00. The van der Waals surface area contributed by atoms with Gasteiger partial charge in [-0.3, -0.25) is 4.79 Å². The van der Waals surface area contributed by atoms with Gasteiger partial charge in [-0.15, -0.1) is 0 Å². The molecule has 0 aromatic heterocycles. The first-order valence-electron chi connectivity index (χ1n) is 6.29. The molecule has 2 rings (SSSR count). The van der Waals surface area contributed by atoms with E-state index in [0.717, 1.165) is 6.42 Å². The number of carboxylic acid groups (broad SMARTS) is 1. The molecule has 1 aromatic rings. The van der Waals surface area contributed by atoms with Crippen LogP contribution in [0.25, 0.3) is 0 Å². The number of amides is 1. The summed E-state index contributed by atoms with van der Waals surface area (Å²) in [6.07, 6.45) is 1.31. The lowest BCUT2D eigenvalue weighted by molar-refractivity contribution is -0.144. The zero-order valence-corrected chi connectivity index (χ0v) is 11.4. The first-order valence-corrected chi connectivity index (χ1v) is 6.66. The van der Waals surface area contributed by atoms with E-state index < -0.39 is 12.0 Å². The van der Waals surface area contributed by atoms with Crippen molar-refractivity contribution in [1.29, 1.82) is 0 Å². The third-order valence-corrected chi connectivity index (χ3v) is 3.84. The number of carbonyl (C=O) groups is 2. The van der Waals surface area contributed by atoms with Crippen LogP contribution in [0.2, 0.25) is 5.02 Å². The number of nitrogens with zero attached hydrogens (tertiary/aromatic N) is 1. The van der Waals surface area contributed by atoms with Gasteiger partial charge in [0.1, 0.15) is 6.04 Å². The van der Waals surface area contributed by atoms with Gasteiger partial charge in [-0.1, -0.05) is 30.7 Å². The van der Waals surface area contributed by atoms with E-state index in [4.69, 9.17) is 11.6 Å². The van der Waals surface area contributed by atoms with Crippen molar-refractivity contribution < 1.29 is 14.7 Å². The standard InChI is InChI=1S/C14H16ClNO3/c1-9-6-7-16(12(8-9)14(18)19)13(17)10-4-2-3-5-11(10)15/h2-5,9,12H,6-8H2,1H3,(H,18,19). The van der Waals surface area contributed by atoms with E-state index in [1.165, 1.54) is 4.90 Å². The van der Waals surface area contributed by atoms with Gasteiger partial charge >= 0.3 is 5.97 Å². The lowest BCUT2D eigenvalue weighted by atomic mass is 9.92. The van der Waals surface area contributed by atoms with Gasteiger partial charge < -0.3 is 10.0 Å². The summed E-state index contributed by atoms with van der Waals surface area (Å²) in [7, 11) is 0. The summed E-state index contributed by atoms with van der Waals surface area (Å²) in [6, 6.07) is 5.97. The average molecular weight is 282 g/mol. The maximum absolute atomic E-state index is 12.4. The highest BCUT2D eigenvalue weighted by Crippen LogP contribution is 2.26. The minimum absolute atomic E-state index is 0.301. The molecule has 2 unspecified atom stereocenters. The first-order chi connectivity index (χ1) is 9.00. The summed E-state index contributed by atoms with van der Waals surface area (Å²) in [6.45, 7) is 2.47. The van der Waals surface area contributed by atoms with Gasteiger partial charge in [0.25, 0.3) is 5.91 Å². The van der Waals surface area contributed by atoms with Crippen LogP contribution in [0.1, 0.15) is 30.1 Å². The van der Waals surface area contributed by atoms with E-state index in [-0.39, 0.29) is 5.91 Å². The first kappa shape index (κ1) is 13.9. The molecule has 5 heteroatoms. The number of carbonyl (C=O) groups excluding carboxylic acids is 1. The van der Waals surface area contributed by atoms with Gasteiger partial charge in [-0.05, 0) is 30.9 Å². The lowest BCUT2D eigenvalue weighted by Crippen LogP contribution is -2.49. The van der Waals surface area contributed by atoms with Crippen LogP contribution in [0.4, 0.5) is 0 Å². The Morgan fingerprint density at radius 3 is 2.68 bits per heavy atom. The fourth-order valence-electron chi connectivity index (χ4n) is 2.41. The van der Waals surface area contributed by atoms with Crippen LogP contribution in [0.3, 0.4) is 0 Å². The van der Waals surface area contributed by atoms with Gasteiger partial charge in [0.2, 0.25) is 0 Å². The second-order valence-electron chi connectivity index (χ2n) is 4.96. The lowest BCUT2D eigenvalue weighted by Gasteiger charge is -2.36. The molecule has 1 aliphatic heterocycles. The van der Waals surface area contributed by atoms with E-state index in [2.05, 4.69) is 0 Å². The average Bonchev–Trinajstić information content (AvgIpc) is 2.38. The van der Waals surface area contributed by atoms with Crippen LogP contribution in [0.5, 0.6) is 0 Å². The molecule has 0 spiro atoms. The molecule has 0 saturated carbocycles. The summed E-state index contributed by atoms with van der Waals surface area (Å²) in [5.41, 5.74) is 0.366. The normalized spacial score (nSPS) is 23.2. The molecular formula is C14H16ClNO3. The fraction of sp³-hybridized carbons (Fsp3) is 0.429. The number of hydrogen-bond acceptors (Lipinski definition) is 2. The largest absolute Gasteiger partial charge is 0.480 e. The second-order valence-corrected chi connectivity index (χ2v) is 5.37. The van der Waals surface area contributed by atoms with Crippen molar-refractivity contribution in [2.75, 3.05) is 6.54 Å². The Balaban J connectivity index is 2.27. The van der Waals surface area contributed by atoms with Crippen molar-refractivity contribution in [3.63, 3.8) is 0 Å². The monoisotopic (exact) mass is 281 g/mol. The molecule has 0 radical (unpaired) electrons. The SMILES string of the molecule is CC1CCN(C(=O)c2ccccc2Cl)C(C(=O)O)C1. The zero-order chi connectivity index (χ0) is 14.0. The van der Waals surface area contributed by atoms with Crippen LogP contribution in [-0.4, -0.2) is 34.5 Å². The highest BCUT2D eigenvalue weighted by Gasteiger charge is 2.35. The number of aliphatic carboxylic acids is 1. The Labute approximate surface area is 117 Å². The molecule has 0 bridgehead atoms. The van der Waals surface area contributed by atoms with Gasteiger partial charge in [0.15, 0.2) is 0 Å². The third kappa shape index (κ3) is 2.89. The van der Waals surface area contributed by atoms with Crippen LogP contribution in [0.15, 0.2) is 24.3 Å². The smallest absolute Gasteiger partial charge is 0.326 e. The molecule has 4 nitrogen and oxygen atoms in total. The summed E-state index contributed by atoms with van der Waals surface area (Å²) in [5, 5.41) is 9.62. The summed E-state index contributed by atoms with van der Waals surface area (Å²) < 4.78 is 0. The predicted molar refractivity (Wildman–Crippen MR) is 72.3 cm³/mol. The third-order valence-electron chi connectivity index (χ3n) is 3.51. The van der Waals surface area contributed by atoms with Crippen LogP contribution >= 0.6 is 11.6 Å². The molecule has 1 heterocycles. The Morgan fingerprint density at radius 2 is 2.05 bits per heavy atom. The van der Waals surface area contributed by atoms with Crippen LogP contribution in [-0.2, 0) is 4.79 Å². The van der Waals surface area contributed by atoms with Crippen molar-refractivity contribution in [3.8, 4) is 0 Å². The molecule has 2 atom stereocenters. The van der Waals surface area contributed by atoms with Gasteiger partial charge in [-0.25, -0.2) is 4.79 Å². The highest BCUT2D eigenvalue weighted by molar-refractivity contribution is 6.33. The molecule has 0 aliphatic carbocycles. The summed E-state index contributed by atoms with van der Waals surface area (Å²) in [4.78, 5) is 25.1. The molecule has 1 amide bonds. The maximum atomic E-state index is 12.4. The number of carboxylic acids is 1. The van der Waals surface area contributed by atoms with Crippen molar-refractivity contribution >= 4 is 23.5 Å². The number of hydrogen-bond donors (Lipinski definition) is 1. The number of rotatable bonds is 2. The van der Waals surface area contributed by atoms with E-state index in [9.17, 15) is 14.7 Å². The molecule has 1 saturated heterocycles. The van der Waals surface area contributed by atoms with Crippen molar-refractivity contribution in [1.82, 2.24) is 4.90 Å². The molecule has 1 fully saturated rings. The molecule has 1 N–H and O–H groups in total. The van der Waals surface area contributed by atoms with E-state index in [1.807, 2.05) is 6.92 Å². The number of likely N-dealkylation sites (tertiary alicyclic amines) is 1. The molecule has 1 aromatic carbocycles. The van der Waals surface area contributed by atoms with Crippen LogP contribution < -0.4 is 0 Å². The summed E-state index contributed by atoms with van der Waals surface area (Å²) in [5.74, 6) is -0.937. The number of benzene rings is 1. The zero-order valence-electron chi connectivity index (χ0n) is 10.7. The fourth-order valence-corrected chi connectivity index (χ4v) is 2.62. The van der Waals surface area contributed by atoms with Crippen molar-refractivity contribution in [2.24, 2.45) is 5.92 Å². The maximum Gasteiger partial charge on any atom is 0.326 e. The van der Waals surface area contributed by atoms with Gasteiger partial charge in [-0.2, -0.15) is 0 Å². The molecule has 19 heavy (non-hydrogen) atoms. The van der Waals surface area contributed by atoms with E-state index in [0.29, 0.717) is 29.5 Å². The Bertz CT molecular complexity index is 503. The van der Waals surface area contributed by atoms with Gasteiger partial charge in [0, 0.05) is 6.54 Å². The minimum atomic E-state index is -0.952. The quantitative estimate of drug-likeness (QED) is 0.907. The molecular weight excluding hydrogens is 266 g/mol. The van der Waals surface area contributed by atoms with Crippen molar-refractivity contribution in [2.45, 2.75) is 25.8 Å². The van der Waals surface area contributed by atoms with Gasteiger partial charge in [0.05, 0.1) is 10.6 Å². The molecule has 102 valence electrons. The topological polar surface area (TPSA) is 57.6 Å². The van der Waals surface area contributed by atoms with Crippen LogP contribution in [0, 0.1) is 5.92 Å². The second kappa shape index (κ2) is 5.61. The number of halogens is 1. The number of piperidine rings is 1. The van der Waals surface area contributed by atoms with E-state index in [1.54, 1.807) is 24.3 Å². The highest BCUT2D eigenvalue weighted by atomic mass is 35.5. The van der Waals surface area contributed by atoms with Crippen molar-refractivity contribution in [3.05, 3.63) is 34.9 Å². The minimum Gasteiger partial charge on any atom is -0.480 e. The predicted octanol–water partition coefficient (Wildman–Crippen LogP) is 2.67. The Kier molecular flexibility index (Phi) is 4.10. The van der Waals surface area contributed by atoms with E-state index >= 15 is 0 Å². The molecule has 1 aliphatic rings. The Hall–Kier alpha value is -1.55.